The van der Waals surface area contributed by atoms with Crippen molar-refractivity contribution >= 4 is 29.3 Å². The van der Waals surface area contributed by atoms with E-state index >= 15 is 0 Å². The van der Waals surface area contributed by atoms with E-state index in [1.165, 1.54) is 11.3 Å². The highest BCUT2D eigenvalue weighted by molar-refractivity contribution is 7.11. The number of carbonyl (C=O) groups excluding carboxylic acids is 1. The largest absolute Gasteiger partial charge is 0.489 e. The molecule has 0 bridgehead atoms. The number of amides is 1. The minimum Gasteiger partial charge on any atom is -0.489 e. The van der Waals surface area contributed by atoms with E-state index in [4.69, 9.17) is 9.84 Å². The van der Waals surface area contributed by atoms with E-state index in [-0.39, 0.29) is 12.3 Å². The van der Waals surface area contributed by atoms with E-state index < -0.39 is 12.5 Å². The van der Waals surface area contributed by atoms with Gasteiger partial charge in [0.15, 0.2) is 0 Å². The summed E-state index contributed by atoms with van der Waals surface area (Å²) < 4.78 is 5.75. The van der Waals surface area contributed by atoms with Crippen molar-refractivity contribution in [1.82, 2.24) is 10.3 Å². The van der Waals surface area contributed by atoms with E-state index in [2.05, 4.69) is 16.9 Å². The number of aliphatic carboxylic acids is 1. The Morgan fingerprint density at radius 2 is 2.08 bits per heavy atom. The summed E-state index contributed by atoms with van der Waals surface area (Å²) in [7, 11) is 0. The molecule has 0 unspecified atom stereocenters. The maximum atomic E-state index is 11.7. The zero-order chi connectivity index (χ0) is 18.9. The molecule has 1 aromatic heterocycles. The quantitative estimate of drug-likeness (QED) is 0.522. The van der Waals surface area contributed by atoms with Gasteiger partial charge in [0, 0.05) is 11.0 Å². The lowest BCUT2D eigenvalue weighted by Crippen LogP contribution is -2.30. The van der Waals surface area contributed by atoms with Crippen LogP contribution in [0, 0.1) is 6.92 Å². The first-order chi connectivity index (χ1) is 12.5. The van der Waals surface area contributed by atoms with Gasteiger partial charge in [-0.05, 0) is 18.6 Å². The first-order valence-corrected chi connectivity index (χ1v) is 8.75. The molecule has 0 aliphatic rings. The molecule has 0 saturated heterocycles. The third-order valence-electron chi connectivity index (χ3n) is 3.35. The Balaban J connectivity index is 2.01. The summed E-state index contributed by atoms with van der Waals surface area (Å²) >= 11 is 1.39. The van der Waals surface area contributed by atoms with Gasteiger partial charge in [-0.1, -0.05) is 36.9 Å². The van der Waals surface area contributed by atoms with Gasteiger partial charge in [-0.15, -0.1) is 11.3 Å². The SMILES string of the molecule is C=C/C(=C\c1nc(CC(=O)NCC(=O)O)sc1C)OCc1ccccc1. The fraction of sp³-hybridized carbons (Fsp3) is 0.211. The number of rotatable bonds is 9. The maximum Gasteiger partial charge on any atom is 0.322 e. The number of hydrogen-bond acceptors (Lipinski definition) is 5. The Morgan fingerprint density at radius 3 is 2.73 bits per heavy atom. The molecule has 1 heterocycles. The molecule has 26 heavy (non-hydrogen) atoms. The van der Waals surface area contributed by atoms with Crippen LogP contribution in [-0.2, 0) is 27.4 Å². The smallest absolute Gasteiger partial charge is 0.322 e. The van der Waals surface area contributed by atoms with Crippen molar-refractivity contribution in [3.8, 4) is 0 Å². The molecule has 6 nitrogen and oxygen atoms in total. The Labute approximate surface area is 155 Å². The first-order valence-electron chi connectivity index (χ1n) is 7.93. The van der Waals surface area contributed by atoms with E-state index in [9.17, 15) is 9.59 Å². The second kappa shape index (κ2) is 9.53. The Bertz CT molecular complexity index is 812. The summed E-state index contributed by atoms with van der Waals surface area (Å²) in [5.74, 6) is -0.867. The normalized spacial score (nSPS) is 11.0. The van der Waals surface area contributed by atoms with Crippen molar-refractivity contribution in [1.29, 1.82) is 0 Å². The molecule has 1 amide bonds. The van der Waals surface area contributed by atoms with Crippen molar-refractivity contribution in [2.75, 3.05) is 6.54 Å². The zero-order valence-electron chi connectivity index (χ0n) is 14.4. The number of thiazole rings is 1. The molecule has 136 valence electrons. The molecule has 1 aromatic carbocycles. The lowest BCUT2D eigenvalue weighted by molar-refractivity contribution is -0.137. The number of ether oxygens (including phenoxy) is 1. The summed E-state index contributed by atoms with van der Waals surface area (Å²) in [5.41, 5.74) is 1.75. The average Bonchev–Trinajstić information content (AvgIpc) is 2.96. The fourth-order valence-electron chi connectivity index (χ4n) is 2.08. The van der Waals surface area contributed by atoms with Crippen molar-refractivity contribution < 1.29 is 19.4 Å². The van der Waals surface area contributed by atoms with E-state index in [0.29, 0.717) is 23.1 Å². The monoisotopic (exact) mass is 372 g/mol. The van der Waals surface area contributed by atoms with E-state index in [1.54, 1.807) is 12.2 Å². The number of aryl methyl sites for hydroxylation is 1. The van der Waals surface area contributed by atoms with Crippen LogP contribution in [0.5, 0.6) is 0 Å². The highest BCUT2D eigenvalue weighted by Crippen LogP contribution is 2.21. The standard InChI is InChI=1S/C19H20N2O4S/c1-3-15(25-12-14-7-5-4-6-8-14)9-16-13(2)26-18(21-16)10-17(22)20-11-19(23)24/h3-9H,1,10-12H2,2H3,(H,20,22)(H,23,24)/b15-9+. The molecule has 7 heteroatoms. The van der Waals surface area contributed by atoms with Gasteiger partial charge in [0.25, 0.3) is 0 Å². The molecule has 2 rings (SSSR count). The first kappa shape index (κ1) is 19.4. The van der Waals surface area contributed by atoms with E-state index in [0.717, 1.165) is 10.4 Å². The van der Waals surface area contributed by atoms with Crippen LogP contribution in [0.2, 0.25) is 0 Å². The van der Waals surface area contributed by atoms with Crippen LogP contribution in [0.3, 0.4) is 0 Å². The Hall–Kier alpha value is -2.93. The van der Waals surface area contributed by atoms with Gasteiger partial charge in [0.1, 0.15) is 23.9 Å². The van der Waals surface area contributed by atoms with Crippen LogP contribution < -0.4 is 5.32 Å². The minimum atomic E-state index is -1.08. The molecule has 2 N–H and O–H groups in total. The van der Waals surface area contributed by atoms with Crippen LogP contribution in [0.1, 0.15) is 21.1 Å². The number of nitrogens with one attached hydrogen (secondary N) is 1. The maximum absolute atomic E-state index is 11.7. The summed E-state index contributed by atoms with van der Waals surface area (Å²) in [6.07, 6.45) is 3.43. The predicted octanol–water partition coefficient (Wildman–Crippen LogP) is 2.94. The molecule has 0 aliphatic heterocycles. The molecule has 0 radical (unpaired) electrons. The minimum absolute atomic E-state index is 0.0426. The van der Waals surface area contributed by atoms with Crippen LogP contribution in [0.4, 0.5) is 0 Å². The highest BCUT2D eigenvalue weighted by Gasteiger charge is 2.11. The molecule has 0 aliphatic carbocycles. The number of aromatic nitrogens is 1. The second-order valence-electron chi connectivity index (χ2n) is 5.42. The topological polar surface area (TPSA) is 88.5 Å². The van der Waals surface area contributed by atoms with E-state index in [1.807, 2.05) is 37.3 Å². The number of allylic oxidation sites excluding steroid dienone is 1. The number of carboxylic acids is 1. The molecule has 0 fully saturated rings. The second-order valence-corrected chi connectivity index (χ2v) is 6.71. The van der Waals surface area contributed by atoms with Crippen LogP contribution in [0.15, 0.2) is 48.7 Å². The third kappa shape index (κ3) is 6.18. The number of benzene rings is 1. The molecule has 2 aromatic rings. The zero-order valence-corrected chi connectivity index (χ0v) is 15.2. The van der Waals surface area contributed by atoms with Gasteiger partial charge >= 0.3 is 5.97 Å². The fourth-order valence-corrected chi connectivity index (χ4v) is 2.99. The summed E-state index contributed by atoms with van der Waals surface area (Å²) in [5, 5.41) is 11.5. The predicted molar refractivity (Wildman–Crippen MR) is 101 cm³/mol. The Morgan fingerprint density at radius 1 is 1.35 bits per heavy atom. The number of nitrogens with zero attached hydrogens (tertiary/aromatic N) is 1. The summed E-state index contributed by atoms with van der Waals surface area (Å²) in [6, 6.07) is 9.79. The van der Waals surface area contributed by atoms with Crippen LogP contribution in [0.25, 0.3) is 6.08 Å². The van der Waals surface area contributed by atoms with Crippen LogP contribution in [-0.4, -0.2) is 28.5 Å². The third-order valence-corrected chi connectivity index (χ3v) is 4.34. The molecule has 0 saturated carbocycles. The van der Waals surface area contributed by atoms with Gasteiger partial charge in [-0.2, -0.15) is 0 Å². The highest BCUT2D eigenvalue weighted by atomic mass is 32.1. The molecule has 0 atom stereocenters. The van der Waals surface area contributed by atoms with Crippen LogP contribution >= 0.6 is 11.3 Å². The van der Waals surface area contributed by atoms with Crippen molar-refractivity contribution in [3.05, 3.63) is 69.9 Å². The van der Waals surface area contributed by atoms with Gasteiger partial charge in [0.2, 0.25) is 5.91 Å². The summed E-state index contributed by atoms with van der Waals surface area (Å²) in [4.78, 5) is 27.5. The summed E-state index contributed by atoms with van der Waals surface area (Å²) in [6.45, 7) is 5.68. The van der Waals surface area contributed by atoms with Gasteiger partial charge in [-0.25, -0.2) is 4.98 Å². The van der Waals surface area contributed by atoms with Crippen molar-refractivity contribution in [2.24, 2.45) is 0 Å². The van der Waals surface area contributed by atoms with Crippen molar-refractivity contribution in [3.63, 3.8) is 0 Å². The Kier molecular flexibility index (Phi) is 7.11. The lowest BCUT2D eigenvalue weighted by Gasteiger charge is -2.06. The lowest BCUT2D eigenvalue weighted by atomic mass is 10.2. The molecular formula is C19H20N2O4S. The van der Waals surface area contributed by atoms with Crippen molar-refractivity contribution in [2.45, 2.75) is 20.0 Å². The number of carbonyl (C=O) groups is 2. The molecular weight excluding hydrogens is 352 g/mol. The van der Waals surface area contributed by atoms with Gasteiger partial charge in [-0.3, -0.25) is 9.59 Å². The number of carboxylic acid groups (broad SMARTS) is 1. The van der Waals surface area contributed by atoms with Gasteiger partial charge in [0.05, 0.1) is 12.1 Å². The van der Waals surface area contributed by atoms with Gasteiger partial charge < -0.3 is 15.2 Å². The average molecular weight is 372 g/mol. The number of hydrogen-bond donors (Lipinski definition) is 2. The molecule has 0 spiro atoms.